The molecule has 3 N–H and O–H groups in total. The summed E-state index contributed by atoms with van der Waals surface area (Å²) in [6.07, 6.45) is -5.28. The highest BCUT2D eigenvalue weighted by Crippen LogP contribution is 2.32. The van der Waals surface area contributed by atoms with Crippen molar-refractivity contribution < 1.29 is 41.4 Å². The van der Waals surface area contributed by atoms with Gasteiger partial charge in [-0.05, 0) is 56.7 Å². The number of anilines is 1. The Morgan fingerprint density at radius 3 is 2.34 bits per heavy atom. The predicted octanol–water partition coefficient (Wildman–Crippen LogP) is 4.05. The lowest BCUT2D eigenvalue weighted by molar-refractivity contribution is -0.200. The van der Waals surface area contributed by atoms with Gasteiger partial charge in [0.05, 0.1) is 18.3 Å². The molecule has 2 aromatic heterocycles. The minimum atomic E-state index is -5.28. The topological polar surface area (TPSA) is 135 Å². The van der Waals surface area contributed by atoms with Gasteiger partial charge < -0.3 is 20.5 Å². The molecule has 0 bridgehead atoms. The van der Waals surface area contributed by atoms with Crippen molar-refractivity contribution in [3.8, 4) is 16.9 Å². The highest BCUT2D eigenvalue weighted by Gasteiger charge is 2.41. The molecule has 4 aromatic rings. The average molecular weight is 620 g/mol. The number of nitrogens with zero attached hydrogens (tertiary/aromatic N) is 3. The molecule has 1 amide bonds. The molecule has 2 heterocycles. The summed E-state index contributed by atoms with van der Waals surface area (Å²) in [6.45, 7) is 3.43. The summed E-state index contributed by atoms with van der Waals surface area (Å²) < 4.78 is 72.7. The summed E-state index contributed by atoms with van der Waals surface area (Å²) in [5.74, 6) is -5.48. The van der Waals surface area contributed by atoms with E-state index >= 15 is 0 Å². The van der Waals surface area contributed by atoms with E-state index in [9.17, 15) is 41.4 Å². The molecular weight excluding hydrogens is 593 g/mol. The number of ether oxygens (including phenoxy) is 1. The number of aliphatic hydroxyl groups is 1. The number of aryl methyl sites for hydroxylation is 1. The number of esters is 1. The molecule has 0 aliphatic rings. The van der Waals surface area contributed by atoms with Crippen LogP contribution in [0.3, 0.4) is 0 Å². The number of aromatic nitrogens is 3. The molecule has 0 aliphatic carbocycles. The summed E-state index contributed by atoms with van der Waals surface area (Å²) in [5, 5.41) is 15.2. The van der Waals surface area contributed by atoms with Crippen molar-refractivity contribution in [2.45, 2.75) is 39.0 Å². The largest absolute Gasteiger partial charge is 0.490 e. The van der Waals surface area contributed by atoms with E-state index in [0.717, 1.165) is 24.3 Å². The Labute approximate surface area is 246 Å². The summed E-state index contributed by atoms with van der Waals surface area (Å²) in [7, 11) is 0. The van der Waals surface area contributed by atoms with Crippen LogP contribution >= 0.6 is 0 Å². The minimum Gasteiger partial charge on any atom is -0.457 e. The van der Waals surface area contributed by atoms with Crippen LogP contribution in [-0.4, -0.2) is 63.0 Å². The number of hydrogen-bond donors (Lipinski definition) is 3. The molecule has 2 aromatic carbocycles. The number of benzene rings is 2. The molecule has 1 unspecified atom stereocenters. The second-order valence-corrected chi connectivity index (χ2v) is 9.99. The summed E-state index contributed by atoms with van der Waals surface area (Å²) in [5.41, 5.74) is -0.695. The zero-order chi connectivity index (χ0) is 32.3. The van der Waals surface area contributed by atoms with Crippen LogP contribution in [0, 0.1) is 18.6 Å². The van der Waals surface area contributed by atoms with Gasteiger partial charge in [0.15, 0.2) is 5.65 Å². The summed E-state index contributed by atoms with van der Waals surface area (Å²) in [4.78, 5) is 45.7. The molecule has 232 valence electrons. The van der Waals surface area contributed by atoms with Crippen LogP contribution in [0.25, 0.3) is 28.0 Å². The molecule has 0 radical (unpaired) electrons. The van der Waals surface area contributed by atoms with Gasteiger partial charge in [-0.2, -0.15) is 18.2 Å². The first-order valence-corrected chi connectivity index (χ1v) is 13.1. The average Bonchev–Trinajstić information content (AvgIpc) is 2.95. The van der Waals surface area contributed by atoms with E-state index in [1.807, 2.05) is 0 Å². The SMILES string of the molecule is Cc1ccc(C(=O)NC(C)C)cc1-c1nc(NC(CO)COC(=O)C(F)(F)F)nc2c1ccc(=O)n2-c1c(F)cccc1F. The molecule has 0 saturated carbocycles. The second-order valence-electron chi connectivity index (χ2n) is 9.99. The molecule has 4 rings (SSSR count). The fraction of sp³-hybridized carbons (Fsp3) is 0.276. The van der Waals surface area contributed by atoms with Crippen molar-refractivity contribution in [1.29, 1.82) is 0 Å². The standard InChI is InChI=1S/C29H26F5N5O5/c1-14(2)35-26(42)16-8-7-15(3)19(11-16)23-18-9-10-22(41)39(24-20(30)5-4-6-21(24)31)25(18)38-28(37-23)36-17(12-40)13-44-27(43)29(32,33)34/h4-11,14,17,40H,12-13H2,1-3H3,(H,35,42)(H,36,37,38). The number of para-hydroxylation sites is 1. The van der Waals surface area contributed by atoms with Crippen molar-refractivity contribution in [3.63, 3.8) is 0 Å². The second kappa shape index (κ2) is 12.8. The Bertz CT molecular complexity index is 1770. The number of carbonyl (C=O) groups excluding carboxylic acids is 2. The molecule has 0 spiro atoms. The van der Waals surface area contributed by atoms with Gasteiger partial charge in [-0.1, -0.05) is 12.1 Å². The van der Waals surface area contributed by atoms with Gasteiger partial charge in [-0.3, -0.25) is 14.2 Å². The molecule has 10 nitrogen and oxygen atoms in total. The highest BCUT2D eigenvalue weighted by molar-refractivity contribution is 5.98. The lowest BCUT2D eigenvalue weighted by atomic mass is 9.99. The lowest BCUT2D eigenvalue weighted by Gasteiger charge is -2.20. The zero-order valence-electron chi connectivity index (χ0n) is 23.5. The lowest BCUT2D eigenvalue weighted by Crippen LogP contribution is -2.35. The number of aliphatic hydroxyl groups excluding tert-OH is 1. The Balaban J connectivity index is 1.96. The smallest absolute Gasteiger partial charge is 0.457 e. The van der Waals surface area contributed by atoms with Gasteiger partial charge in [-0.15, -0.1) is 0 Å². The van der Waals surface area contributed by atoms with Crippen LogP contribution in [0.2, 0.25) is 0 Å². The van der Waals surface area contributed by atoms with Crippen molar-refractivity contribution >= 4 is 28.9 Å². The van der Waals surface area contributed by atoms with Gasteiger partial charge in [-0.25, -0.2) is 18.6 Å². The number of fused-ring (bicyclic) bond motifs is 1. The molecule has 15 heteroatoms. The Morgan fingerprint density at radius 2 is 1.73 bits per heavy atom. The number of halogens is 5. The molecule has 0 saturated heterocycles. The predicted molar refractivity (Wildman–Crippen MR) is 149 cm³/mol. The highest BCUT2D eigenvalue weighted by atomic mass is 19.4. The Morgan fingerprint density at radius 1 is 1.05 bits per heavy atom. The van der Waals surface area contributed by atoms with E-state index in [4.69, 9.17) is 0 Å². The normalized spacial score (nSPS) is 12.3. The zero-order valence-corrected chi connectivity index (χ0v) is 23.5. The van der Waals surface area contributed by atoms with E-state index in [-0.39, 0.29) is 28.3 Å². The number of nitrogens with one attached hydrogen (secondary N) is 2. The maximum atomic E-state index is 14.9. The van der Waals surface area contributed by atoms with Crippen LogP contribution in [0.4, 0.5) is 27.9 Å². The Hall–Kier alpha value is -4.92. The van der Waals surface area contributed by atoms with Crippen molar-refractivity contribution in [2.75, 3.05) is 18.5 Å². The number of amides is 1. The van der Waals surface area contributed by atoms with E-state index in [1.54, 1.807) is 32.9 Å². The van der Waals surface area contributed by atoms with Gasteiger partial charge >= 0.3 is 12.1 Å². The van der Waals surface area contributed by atoms with Gasteiger partial charge in [0.25, 0.3) is 11.5 Å². The summed E-state index contributed by atoms with van der Waals surface area (Å²) in [6, 6.07) is 8.49. The number of pyridine rings is 1. The fourth-order valence-electron chi connectivity index (χ4n) is 4.25. The van der Waals surface area contributed by atoms with Crippen molar-refractivity contribution in [1.82, 2.24) is 19.9 Å². The van der Waals surface area contributed by atoms with E-state index in [2.05, 4.69) is 25.3 Å². The number of carbonyl (C=O) groups is 2. The van der Waals surface area contributed by atoms with Crippen LogP contribution < -0.4 is 16.2 Å². The number of rotatable bonds is 9. The monoisotopic (exact) mass is 619 g/mol. The quantitative estimate of drug-likeness (QED) is 0.189. The van der Waals surface area contributed by atoms with Crippen LogP contribution in [0.15, 0.2) is 53.3 Å². The molecule has 44 heavy (non-hydrogen) atoms. The Kier molecular flexibility index (Phi) is 9.27. The fourth-order valence-corrected chi connectivity index (χ4v) is 4.25. The third kappa shape index (κ3) is 6.83. The number of hydrogen-bond acceptors (Lipinski definition) is 8. The van der Waals surface area contributed by atoms with Crippen molar-refractivity contribution in [3.05, 3.63) is 81.6 Å². The molecule has 0 fully saturated rings. The van der Waals surface area contributed by atoms with E-state index in [1.165, 1.54) is 12.1 Å². The van der Waals surface area contributed by atoms with Crippen LogP contribution in [0.1, 0.15) is 29.8 Å². The van der Waals surface area contributed by atoms with E-state index in [0.29, 0.717) is 15.7 Å². The first kappa shape index (κ1) is 32.0. The van der Waals surface area contributed by atoms with Gasteiger partial charge in [0.2, 0.25) is 5.95 Å². The molecule has 0 aliphatic heterocycles. The van der Waals surface area contributed by atoms with Gasteiger partial charge in [0, 0.05) is 28.6 Å². The molecule has 1 atom stereocenters. The maximum Gasteiger partial charge on any atom is 0.490 e. The van der Waals surface area contributed by atoms with Crippen LogP contribution in [0.5, 0.6) is 0 Å². The van der Waals surface area contributed by atoms with Crippen LogP contribution in [-0.2, 0) is 9.53 Å². The first-order chi connectivity index (χ1) is 20.7. The maximum absolute atomic E-state index is 14.9. The summed E-state index contributed by atoms with van der Waals surface area (Å²) >= 11 is 0. The van der Waals surface area contributed by atoms with Crippen molar-refractivity contribution in [2.24, 2.45) is 0 Å². The molecular formula is C29H26F5N5O5. The third-order valence-corrected chi connectivity index (χ3v) is 6.29. The number of alkyl halides is 3. The van der Waals surface area contributed by atoms with E-state index < -0.39 is 66.1 Å². The van der Waals surface area contributed by atoms with Gasteiger partial charge in [0.1, 0.15) is 23.9 Å². The first-order valence-electron chi connectivity index (χ1n) is 13.1. The minimum absolute atomic E-state index is 0.0728. The third-order valence-electron chi connectivity index (χ3n) is 6.29.